The molecule has 0 aliphatic heterocycles. The number of hydrogen-bond donors (Lipinski definition) is 1. The molecule has 1 aromatic carbocycles. The zero-order valence-corrected chi connectivity index (χ0v) is 11.8. The van der Waals surface area contributed by atoms with Crippen LogP contribution >= 0.6 is 0 Å². The minimum absolute atomic E-state index is 0.152. The molecule has 1 unspecified atom stereocenters. The Morgan fingerprint density at radius 2 is 2.00 bits per heavy atom. The van der Waals surface area contributed by atoms with Crippen molar-refractivity contribution in [2.24, 2.45) is 0 Å². The van der Waals surface area contributed by atoms with Gasteiger partial charge in [0.15, 0.2) is 0 Å². The number of aromatic nitrogens is 1. The van der Waals surface area contributed by atoms with Crippen LogP contribution in [0.2, 0.25) is 0 Å². The minimum Gasteiger partial charge on any atom is -0.497 e. The van der Waals surface area contributed by atoms with Gasteiger partial charge in [0.25, 0.3) is 5.91 Å². The summed E-state index contributed by atoms with van der Waals surface area (Å²) >= 11 is 0. The van der Waals surface area contributed by atoms with E-state index in [2.05, 4.69) is 10.3 Å². The Hall–Kier alpha value is -2.87. The van der Waals surface area contributed by atoms with E-state index in [-0.39, 0.29) is 17.6 Å². The van der Waals surface area contributed by atoms with Crippen LogP contribution < -0.4 is 10.1 Å². The van der Waals surface area contributed by atoms with Crippen LogP contribution in [-0.2, 0) is 0 Å². The first kappa shape index (κ1) is 14.5. The molecule has 1 amide bonds. The van der Waals surface area contributed by atoms with E-state index in [1.807, 2.05) is 37.3 Å². The fourth-order valence-electron chi connectivity index (χ4n) is 1.84. The van der Waals surface area contributed by atoms with Crippen LogP contribution in [0.1, 0.15) is 34.6 Å². The number of nitriles is 1. The smallest absolute Gasteiger partial charge is 0.270 e. The number of benzene rings is 1. The van der Waals surface area contributed by atoms with Crippen LogP contribution in [0.25, 0.3) is 0 Å². The zero-order chi connectivity index (χ0) is 15.2. The number of nitrogens with one attached hydrogen (secondary N) is 1. The van der Waals surface area contributed by atoms with Gasteiger partial charge in [0.2, 0.25) is 0 Å². The first-order chi connectivity index (χ1) is 10.1. The van der Waals surface area contributed by atoms with E-state index in [0.717, 1.165) is 11.3 Å². The quantitative estimate of drug-likeness (QED) is 0.934. The summed E-state index contributed by atoms with van der Waals surface area (Å²) in [5.41, 5.74) is 1.68. The normalized spacial score (nSPS) is 11.3. The van der Waals surface area contributed by atoms with Gasteiger partial charge in [0, 0.05) is 6.20 Å². The molecule has 5 nitrogen and oxygen atoms in total. The Morgan fingerprint density at radius 3 is 2.52 bits per heavy atom. The van der Waals surface area contributed by atoms with E-state index >= 15 is 0 Å². The molecular formula is C16H15N3O2. The lowest BCUT2D eigenvalue weighted by Crippen LogP contribution is -2.27. The Bertz CT molecular complexity index is 657. The van der Waals surface area contributed by atoms with Gasteiger partial charge < -0.3 is 10.1 Å². The molecule has 5 heteroatoms. The van der Waals surface area contributed by atoms with Crippen molar-refractivity contribution in [3.63, 3.8) is 0 Å². The van der Waals surface area contributed by atoms with Crippen LogP contribution in [0.3, 0.4) is 0 Å². The van der Waals surface area contributed by atoms with Gasteiger partial charge in [-0.05, 0) is 36.8 Å². The summed E-state index contributed by atoms with van der Waals surface area (Å²) < 4.78 is 5.10. The highest BCUT2D eigenvalue weighted by Gasteiger charge is 2.12. The number of carbonyl (C=O) groups is 1. The predicted octanol–water partition coefficient (Wildman–Crippen LogP) is 2.45. The van der Waals surface area contributed by atoms with Gasteiger partial charge in [-0.15, -0.1) is 0 Å². The van der Waals surface area contributed by atoms with E-state index < -0.39 is 0 Å². The Morgan fingerprint density at radius 1 is 1.29 bits per heavy atom. The Kier molecular flexibility index (Phi) is 4.52. The molecule has 0 fully saturated rings. The second-order valence-corrected chi connectivity index (χ2v) is 4.51. The van der Waals surface area contributed by atoms with Crippen molar-refractivity contribution in [3.8, 4) is 11.8 Å². The average molecular weight is 281 g/mol. The molecular weight excluding hydrogens is 266 g/mol. The van der Waals surface area contributed by atoms with Gasteiger partial charge >= 0.3 is 0 Å². The highest BCUT2D eigenvalue weighted by molar-refractivity contribution is 5.92. The van der Waals surface area contributed by atoms with E-state index in [1.165, 1.54) is 12.3 Å². The van der Waals surface area contributed by atoms with Crippen LogP contribution in [0.5, 0.6) is 5.75 Å². The summed E-state index contributed by atoms with van der Waals surface area (Å²) in [4.78, 5) is 16.0. The minimum atomic E-state index is -0.275. The van der Waals surface area contributed by atoms with Gasteiger partial charge in [-0.3, -0.25) is 4.79 Å². The maximum atomic E-state index is 12.1. The zero-order valence-electron chi connectivity index (χ0n) is 11.8. The second kappa shape index (κ2) is 6.53. The van der Waals surface area contributed by atoms with E-state index in [9.17, 15) is 4.79 Å². The number of rotatable bonds is 4. The summed E-state index contributed by atoms with van der Waals surface area (Å²) in [6.07, 6.45) is 1.38. The van der Waals surface area contributed by atoms with Crippen molar-refractivity contribution >= 4 is 5.91 Å². The van der Waals surface area contributed by atoms with Gasteiger partial charge in [0.05, 0.1) is 18.7 Å². The van der Waals surface area contributed by atoms with Gasteiger partial charge in [-0.1, -0.05) is 12.1 Å². The van der Waals surface area contributed by atoms with Crippen LogP contribution in [0.15, 0.2) is 42.6 Å². The molecule has 0 aliphatic rings. The lowest BCUT2D eigenvalue weighted by atomic mass is 10.1. The summed E-state index contributed by atoms with van der Waals surface area (Å²) in [7, 11) is 1.61. The fraction of sp³-hybridized carbons (Fsp3) is 0.188. The third-order valence-corrected chi connectivity index (χ3v) is 3.09. The van der Waals surface area contributed by atoms with Crippen LogP contribution in [0, 0.1) is 11.3 Å². The highest BCUT2D eigenvalue weighted by Crippen LogP contribution is 2.17. The van der Waals surface area contributed by atoms with Gasteiger partial charge in [0.1, 0.15) is 17.5 Å². The molecule has 2 rings (SSSR count). The number of methoxy groups -OCH3 is 1. The summed E-state index contributed by atoms with van der Waals surface area (Å²) in [6.45, 7) is 1.89. The Labute approximate surface area is 123 Å². The van der Waals surface area contributed by atoms with Gasteiger partial charge in [-0.2, -0.15) is 5.26 Å². The largest absolute Gasteiger partial charge is 0.497 e. The fourth-order valence-corrected chi connectivity index (χ4v) is 1.84. The van der Waals surface area contributed by atoms with Crippen molar-refractivity contribution in [2.75, 3.05) is 7.11 Å². The summed E-state index contributed by atoms with van der Waals surface area (Å²) in [5.74, 6) is 0.494. The van der Waals surface area contributed by atoms with Crippen molar-refractivity contribution < 1.29 is 9.53 Å². The van der Waals surface area contributed by atoms with E-state index in [1.54, 1.807) is 13.2 Å². The third kappa shape index (κ3) is 3.57. The SMILES string of the molecule is COc1ccc(C(C)NC(=O)c2ccc(C#N)cn2)cc1. The molecule has 21 heavy (non-hydrogen) atoms. The molecule has 1 heterocycles. The summed E-state index contributed by atoms with van der Waals surface area (Å²) in [5, 5.41) is 11.6. The topological polar surface area (TPSA) is 75.0 Å². The number of nitrogens with zero attached hydrogens (tertiary/aromatic N) is 2. The molecule has 0 saturated carbocycles. The number of hydrogen-bond acceptors (Lipinski definition) is 4. The monoisotopic (exact) mass is 281 g/mol. The molecule has 2 aromatic rings. The maximum Gasteiger partial charge on any atom is 0.270 e. The number of ether oxygens (including phenoxy) is 1. The van der Waals surface area contributed by atoms with Crippen LogP contribution in [0.4, 0.5) is 0 Å². The van der Waals surface area contributed by atoms with Crippen molar-refractivity contribution in [1.82, 2.24) is 10.3 Å². The molecule has 1 N–H and O–H groups in total. The second-order valence-electron chi connectivity index (χ2n) is 4.51. The maximum absolute atomic E-state index is 12.1. The number of amides is 1. The lowest BCUT2D eigenvalue weighted by molar-refractivity contribution is 0.0935. The molecule has 1 aromatic heterocycles. The summed E-state index contributed by atoms with van der Waals surface area (Å²) in [6, 6.07) is 12.4. The molecule has 0 spiro atoms. The molecule has 1 atom stereocenters. The van der Waals surface area contributed by atoms with Crippen molar-refractivity contribution in [3.05, 3.63) is 59.4 Å². The molecule has 0 bridgehead atoms. The molecule has 0 aliphatic carbocycles. The van der Waals surface area contributed by atoms with E-state index in [4.69, 9.17) is 10.00 Å². The molecule has 106 valence electrons. The number of pyridine rings is 1. The average Bonchev–Trinajstić information content (AvgIpc) is 2.55. The van der Waals surface area contributed by atoms with Crippen molar-refractivity contribution in [2.45, 2.75) is 13.0 Å². The predicted molar refractivity (Wildman–Crippen MR) is 77.8 cm³/mol. The molecule has 0 saturated heterocycles. The molecule has 0 radical (unpaired) electrons. The highest BCUT2D eigenvalue weighted by atomic mass is 16.5. The number of carbonyl (C=O) groups excluding carboxylic acids is 1. The first-order valence-electron chi connectivity index (χ1n) is 6.45. The lowest BCUT2D eigenvalue weighted by Gasteiger charge is -2.14. The van der Waals surface area contributed by atoms with Crippen LogP contribution in [-0.4, -0.2) is 18.0 Å². The Balaban J connectivity index is 2.05. The third-order valence-electron chi connectivity index (χ3n) is 3.09. The van der Waals surface area contributed by atoms with Crippen molar-refractivity contribution in [1.29, 1.82) is 5.26 Å². The van der Waals surface area contributed by atoms with E-state index in [0.29, 0.717) is 5.56 Å². The standard InChI is InChI=1S/C16H15N3O2/c1-11(13-4-6-14(21-2)7-5-13)19-16(20)15-8-3-12(9-17)10-18-15/h3-8,10-11H,1-2H3,(H,19,20). The first-order valence-corrected chi connectivity index (χ1v) is 6.45. The van der Waals surface area contributed by atoms with Gasteiger partial charge in [-0.25, -0.2) is 4.98 Å².